The molecule has 0 radical (unpaired) electrons. The van der Waals surface area contributed by atoms with Crippen LogP contribution in [0.25, 0.3) is 0 Å². The summed E-state index contributed by atoms with van der Waals surface area (Å²) in [5, 5.41) is 2.18. The van der Waals surface area contributed by atoms with Crippen molar-refractivity contribution in [3.05, 3.63) is 29.6 Å². The van der Waals surface area contributed by atoms with E-state index in [0.29, 0.717) is 37.5 Å². The van der Waals surface area contributed by atoms with Crippen molar-refractivity contribution in [1.29, 1.82) is 0 Å². The Hall–Kier alpha value is -2.20. The zero-order valence-corrected chi connectivity index (χ0v) is 17.1. The van der Waals surface area contributed by atoms with Crippen LogP contribution in [0.15, 0.2) is 18.2 Å². The Balaban J connectivity index is 1.46. The molecule has 0 bridgehead atoms. The van der Waals surface area contributed by atoms with Crippen molar-refractivity contribution in [3.8, 4) is 5.75 Å². The number of sulfonamides is 1. The molecule has 2 aliphatic rings. The van der Waals surface area contributed by atoms with E-state index in [-0.39, 0.29) is 24.0 Å². The molecule has 1 saturated carbocycles. The molecule has 160 valence electrons. The highest BCUT2D eigenvalue weighted by atomic mass is 32.2. The predicted molar refractivity (Wildman–Crippen MR) is 104 cm³/mol. The number of hydrogen-bond acceptors (Lipinski definition) is 5. The van der Waals surface area contributed by atoms with Gasteiger partial charge in [-0.25, -0.2) is 22.3 Å². The fraction of sp³-hybridized carbons (Fsp3) is 0.579. The Morgan fingerprint density at radius 2 is 2.07 bits per heavy atom. The van der Waals surface area contributed by atoms with Gasteiger partial charge in [0.05, 0.1) is 12.4 Å². The van der Waals surface area contributed by atoms with Gasteiger partial charge < -0.3 is 9.64 Å². The predicted octanol–water partition coefficient (Wildman–Crippen LogP) is 1.93. The molecule has 0 spiro atoms. The maximum atomic E-state index is 13.9. The maximum absolute atomic E-state index is 13.9. The van der Waals surface area contributed by atoms with E-state index >= 15 is 0 Å². The second-order valence-electron chi connectivity index (χ2n) is 7.58. The van der Waals surface area contributed by atoms with Gasteiger partial charge in [0, 0.05) is 12.6 Å². The lowest BCUT2D eigenvalue weighted by atomic mass is 10.1. The number of ether oxygens (including phenoxy) is 1. The molecule has 1 unspecified atom stereocenters. The van der Waals surface area contributed by atoms with Gasteiger partial charge in [0.1, 0.15) is 6.54 Å². The Bertz CT molecular complexity index is 873. The summed E-state index contributed by atoms with van der Waals surface area (Å²) in [7, 11) is -3.56. The van der Waals surface area contributed by atoms with Crippen molar-refractivity contribution >= 4 is 22.0 Å². The minimum atomic E-state index is -3.56. The first kappa shape index (κ1) is 21.5. The lowest BCUT2D eigenvalue weighted by Crippen LogP contribution is -2.31. The number of carbonyl (C=O) groups excluding carboxylic acids is 2. The molecular weight excluding hydrogens is 401 g/mol. The van der Waals surface area contributed by atoms with E-state index in [4.69, 9.17) is 4.74 Å². The highest BCUT2D eigenvalue weighted by Crippen LogP contribution is 2.31. The number of urea groups is 1. The van der Waals surface area contributed by atoms with Crippen LogP contribution in [0.5, 0.6) is 5.75 Å². The number of halogens is 1. The first-order valence-corrected chi connectivity index (χ1v) is 11.4. The Morgan fingerprint density at radius 3 is 2.72 bits per heavy atom. The van der Waals surface area contributed by atoms with Crippen LogP contribution in [0.1, 0.15) is 44.2 Å². The van der Waals surface area contributed by atoms with E-state index in [2.05, 4.69) is 10.0 Å². The number of benzene rings is 1. The summed E-state index contributed by atoms with van der Waals surface area (Å²) in [6, 6.07) is 3.38. The van der Waals surface area contributed by atoms with Gasteiger partial charge in [0.15, 0.2) is 11.6 Å². The summed E-state index contributed by atoms with van der Waals surface area (Å²) in [4.78, 5) is 23.9. The van der Waals surface area contributed by atoms with Crippen LogP contribution < -0.4 is 14.8 Å². The summed E-state index contributed by atoms with van der Waals surface area (Å²) in [5.41, 5.74) is 0.619. The molecule has 1 aliphatic carbocycles. The zero-order valence-electron chi connectivity index (χ0n) is 16.3. The summed E-state index contributed by atoms with van der Waals surface area (Å²) in [5.74, 6) is -0.295. The van der Waals surface area contributed by atoms with E-state index < -0.39 is 27.9 Å². The maximum Gasteiger partial charge on any atom is 0.324 e. The number of nitrogens with zero attached hydrogens (tertiary/aromatic N) is 1. The van der Waals surface area contributed by atoms with Crippen molar-refractivity contribution in [2.75, 3.05) is 25.4 Å². The van der Waals surface area contributed by atoms with Crippen molar-refractivity contribution in [3.63, 3.8) is 0 Å². The van der Waals surface area contributed by atoms with Crippen LogP contribution in [0, 0.1) is 11.7 Å². The van der Waals surface area contributed by atoms with Gasteiger partial charge in [-0.3, -0.25) is 10.1 Å². The van der Waals surface area contributed by atoms with E-state index in [0.717, 1.165) is 12.8 Å². The number of rotatable bonds is 11. The third kappa shape index (κ3) is 6.40. The van der Waals surface area contributed by atoms with Gasteiger partial charge in [0.25, 0.3) is 0 Å². The van der Waals surface area contributed by atoms with Crippen LogP contribution >= 0.6 is 0 Å². The van der Waals surface area contributed by atoms with Crippen molar-refractivity contribution in [2.24, 2.45) is 5.92 Å². The van der Waals surface area contributed by atoms with Crippen LogP contribution in [0.3, 0.4) is 0 Å². The summed E-state index contributed by atoms with van der Waals surface area (Å²) >= 11 is 0. The molecule has 0 aromatic heterocycles. The van der Waals surface area contributed by atoms with E-state index in [1.165, 1.54) is 23.1 Å². The molecule has 10 heteroatoms. The molecule has 1 atom stereocenters. The molecule has 1 aromatic carbocycles. The Labute approximate surface area is 169 Å². The molecule has 8 nitrogen and oxygen atoms in total. The van der Waals surface area contributed by atoms with Gasteiger partial charge in [-0.05, 0) is 56.2 Å². The first-order chi connectivity index (χ1) is 13.7. The van der Waals surface area contributed by atoms with Crippen LogP contribution in [-0.2, 0) is 14.8 Å². The van der Waals surface area contributed by atoms with Gasteiger partial charge in [-0.2, -0.15) is 0 Å². The van der Waals surface area contributed by atoms with Gasteiger partial charge in [0.2, 0.25) is 15.9 Å². The average Bonchev–Trinajstić information content (AvgIpc) is 3.41. The quantitative estimate of drug-likeness (QED) is 0.415. The molecule has 1 aliphatic heterocycles. The summed E-state index contributed by atoms with van der Waals surface area (Å²) in [6.07, 6.45) is 3.00. The Morgan fingerprint density at radius 1 is 1.31 bits per heavy atom. The van der Waals surface area contributed by atoms with Gasteiger partial charge >= 0.3 is 6.03 Å². The molecule has 1 heterocycles. The number of carbonyl (C=O) groups is 2. The summed E-state index contributed by atoms with van der Waals surface area (Å²) in [6.45, 7) is 2.50. The molecule has 2 N–H and O–H groups in total. The number of unbranched alkanes of at least 4 members (excludes halogenated alkanes) is 1. The third-order valence-electron chi connectivity index (χ3n) is 4.94. The van der Waals surface area contributed by atoms with Gasteiger partial charge in [-0.1, -0.05) is 6.07 Å². The highest BCUT2D eigenvalue weighted by molar-refractivity contribution is 7.89. The standard InChI is InChI=1S/C19H26FN3O5S/c1-13(15-6-7-16(20)17(10-15)28-12-14-4-5-14)22-29(26,27)9-3-2-8-23-11-18(24)21-19(23)25/h6-7,10,13-14,22H,2-5,8-9,11-12H2,1H3,(H,21,24,25). The monoisotopic (exact) mass is 427 g/mol. The SMILES string of the molecule is CC(NS(=O)(=O)CCCCN1CC(=O)NC1=O)c1ccc(F)c(OCC2CC2)c1. The minimum Gasteiger partial charge on any atom is -0.490 e. The molecular formula is C19H26FN3O5S. The average molecular weight is 427 g/mol. The summed E-state index contributed by atoms with van der Waals surface area (Å²) < 4.78 is 46.7. The van der Waals surface area contributed by atoms with Crippen molar-refractivity contribution in [1.82, 2.24) is 14.9 Å². The number of imide groups is 1. The molecule has 3 amide bonds. The fourth-order valence-electron chi connectivity index (χ4n) is 3.05. The van der Waals surface area contributed by atoms with Crippen LogP contribution in [0.4, 0.5) is 9.18 Å². The first-order valence-electron chi connectivity index (χ1n) is 9.74. The third-order valence-corrected chi connectivity index (χ3v) is 6.48. The second kappa shape index (κ2) is 9.08. The topological polar surface area (TPSA) is 105 Å². The minimum absolute atomic E-state index is 0.0105. The number of amides is 3. The highest BCUT2D eigenvalue weighted by Gasteiger charge is 2.26. The van der Waals surface area contributed by atoms with Gasteiger partial charge in [-0.15, -0.1) is 0 Å². The van der Waals surface area contributed by atoms with E-state index in [1.807, 2.05) is 0 Å². The van der Waals surface area contributed by atoms with E-state index in [9.17, 15) is 22.4 Å². The van der Waals surface area contributed by atoms with Crippen molar-refractivity contribution < 1.29 is 27.1 Å². The van der Waals surface area contributed by atoms with Crippen LogP contribution in [-0.4, -0.2) is 50.7 Å². The molecule has 2 fully saturated rings. The number of hydrogen-bond donors (Lipinski definition) is 2. The second-order valence-corrected chi connectivity index (χ2v) is 9.46. The lowest BCUT2D eigenvalue weighted by molar-refractivity contribution is -0.118. The Kier molecular flexibility index (Phi) is 6.74. The molecule has 1 saturated heterocycles. The lowest BCUT2D eigenvalue weighted by Gasteiger charge is -2.17. The van der Waals surface area contributed by atoms with Crippen molar-refractivity contribution in [2.45, 2.75) is 38.6 Å². The molecule has 29 heavy (non-hydrogen) atoms. The number of nitrogens with one attached hydrogen (secondary N) is 2. The molecule has 1 aromatic rings. The largest absolute Gasteiger partial charge is 0.490 e. The zero-order chi connectivity index (χ0) is 21.0. The molecule has 3 rings (SSSR count). The van der Waals surface area contributed by atoms with Crippen LogP contribution in [0.2, 0.25) is 0 Å². The normalized spacial score (nSPS) is 18.1. The smallest absolute Gasteiger partial charge is 0.324 e. The fourth-order valence-corrected chi connectivity index (χ4v) is 4.42. The van der Waals surface area contributed by atoms with E-state index in [1.54, 1.807) is 6.92 Å².